The molecule has 2 rings (SSSR count). The second kappa shape index (κ2) is 5.93. The first-order valence-electron chi connectivity index (χ1n) is 7.37. The van der Waals surface area contributed by atoms with Crippen LogP contribution in [0.25, 0.3) is 0 Å². The van der Waals surface area contributed by atoms with E-state index in [0.29, 0.717) is 13.0 Å². The van der Waals surface area contributed by atoms with Gasteiger partial charge in [-0.2, -0.15) is 5.26 Å². The number of halogens is 1. The first kappa shape index (κ1) is 15.0. The van der Waals surface area contributed by atoms with Gasteiger partial charge in [0.15, 0.2) is 0 Å². The minimum atomic E-state index is -0.231. The smallest absolute Gasteiger partial charge is 0.123 e. The van der Waals surface area contributed by atoms with Gasteiger partial charge in [0, 0.05) is 18.4 Å². The van der Waals surface area contributed by atoms with E-state index in [9.17, 15) is 9.65 Å². The molecule has 2 nitrogen and oxygen atoms in total. The minimum Gasteiger partial charge on any atom is -0.375 e. The number of ether oxygens (including phenoxy) is 1. The molecule has 1 saturated heterocycles. The van der Waals surface area contributed by atoms with E-state index < -0.39 is 0 Å². The largest absolute Gasteiger partial charge is 0.375 e. The lowest BCUT2D eigenvalue weighted by Crippen LogP contribution is -2.46. The van der Waals surface area contributed by atoms with Crippen LogP contribution in [0.1, 0.15) is 51.5 Å². The molecule has 0 saturated carbocycles. The molecule has 3 heteroatoms. The minimum absolute atomic E-state index is 0.149. The van der Waals surface area contributed by atoms with Crippen LogP contribution in [0.5, 0.6) is 0 Å². The van der Waals surface area contributed by atoms with Crippen LogP contribution < -0.4 is 0 Å². The molecule has 1 aliphatic rings. The highest BCUT2D eigenvalue weighted by atomic mass is 19.1. The van der Waals surface area contributed by atoms with Gasteiger partial charge >= 0.3 is 0 Å². The van der Waals surface area contributed by atoms with Gasteiger partial charge in [-0.1, -0.05) is 26.0 Å². The van der Waals surface area contributed by atoms with Gasteiger partial charge < -0.3 is 4.74 Å². The summed E-state index contributed by atoms with van der Waals surface area (Å²) >= 11 is 0. The Morgan fingerprint density at radius 1 is 1.25 bits per heavy atom. The van der Waals surface area contributed by atoms with Crippen molar-refractivity contribution in [1.82, 2.24) is 0 Å². The van der Waals surface area contributed by atoms with Crippen molar-refractivity contribution >= 4 is 0 Å². The molecule has 0 bridgehead atoms. The third kappa shape index (κ3) is 2.71. The standard InChI is InChI=1S/C17H22FNO/c1-3-17(4-2)13-16(9-11-19,10-12-20-17)14-5-7-15(18)8-6-14/h5-8H,3-4,9-10,12-13H2,1-2H3. The van der Waals surface area contributed by atoms with Crippen molar-refractivity contribution in [3.05, 3.63) is 35.6 Å². The molecule has 1 aromatic rings. The van der Waals surface area contributed by atoms with E-state index in [0.717, 1.165) is 31.2 Å². The molecule has 108 valence electrons. The molecule has 0 spiro atoms. The van der Waals surface area contributed by atoms with Crippen molar-refractivity contribution in [2.75, 3.05) is 6.61 Å². The molecule has 1 fully saturated rings. The summed E-state index contributed by atoms with van der Waals surface area (Å²) < 4.78 is 19.2. The zero-order valence-electron chi connectivity index (χ0n) is 12.3. The van der Waals surface area contributed by atoms with Crippen molar-refractivity contribution in [3.63, 3.8) is 0 Å². The highest BCUT2D eigenvalue weighted by molar-refractivity contribution is 5.29. The summed E-state index contributed by atoms with van der Waals surface area (Å²) in [6.45, 7) is 4.94. The van der Waals surface area contributed by atoms with Crippen LogP contribution in [0.3, 0.4) is 0 Å². The zero-order chi connectivity index (χ0) is 14.6. The van der Waals surface area contributed by atoms with Crippen molar-refractivity contribution in [2.45, 2.75) is 57.0 Å². The lowest BCUT2D eigenvalue weighted by atomic mass is 9.65. The summed E-state index contributed by atoms with van der Waals surface area (Å²) in [5.74, 6) is -0.231. The molecule has 0 N–H and O–H groups in total. The van der Waals surface area contributed by atoms with Crippen LogP contribution in [0.2, 0.25) is 0 Å². The van der Waals surface area contributed by atoms with Crippen LogP contribution in [-0.2, 0) is 10.2 Å². The van der Waals surface area contributed by atoms with E-state index in [1.807, 2.05) is 12.1 Å². The Kier molecular flexibility index (Phi) is 4.45. The maximum absolute atomic E-state index is 13.2. The summed E-state index contributed by atoms with van der Waals surface area (Å²) in [5, 5.41) is 9.25. The van der Waals surface area contributed by atoms with Crippen LogP contribution in [0.15, 0.2) is 24.3 Å². The summed E-state index contributed by atoms with van der Waals surface area (Å²) in [4.78, 5) is 0. The Balaban J connectivity index is 2.39. The summed E-state index contributed by atoms with van der Waals surface area (Å²) in [7, 11) is 0. The summed E-state index contributed by atoms with van der Waals surface area (Å²) in [6, 6.07) is 8.96. The SMILES string of the molecule is CCC1(CC)CC(CC#N)(c2ccc(F)cc2)CCO1. The maximum Gasteiger partial charge on any atom is 0.123 e. The number of rotatable bonds is 4. The lowest BCUT2D eigenvalue weighted by Gasteiger charge is -2.47. The van der Waals surface area contributed by atoms with Crippen molar-refractivity contribution in [3.8, 4) is 6.07 Å². The Labute approximate surface area is 120 Å². The van der Waals surface area contributed by atoms with E-state index in [-0.39, 0.29) is 16.8 Å². The van der Waals surface area contributed by atoms with Gasteiger partial charge in [0.1, 0.15) is 5.82 Å². The van der Waals surface area contributed by atoms with Gasteiger partial charge in [-0.3, -0.25) is 0 Å². The molecule has 1 heterocycles. The van der Waals surface area contributed by atoms with E-state index in [2.05, 4.69) is 19.9 Å². The molecule has 20 heavy (non-hydrogen) atoms. The summed E-state index contributed by atoms with van der Waals surface area (Å²) in [6.07, 6.45) is 4.01. The molecular weight excluding hydrogens is 253 g/mol. The van der Waals surface area contributed by atoms with Gasteiger partial charge in [-0.05, 0) is 43.4 Å². The molecule has 1 atom stereocenters. The molecule has 0 aromatic heterocycles. The Morgan fingerprint density at radius 2 is 1.90 bits per heavy atom. The molecule has 0 radical (unpaired) electrons. The third-order valence-electron chi connectivity index (χ3n) is 4.81. The van der Waals surface area contributed by atoms with E-state index in [4.69, 9.17) is 4.74 Å². The second-order valence-electron chi connectivity index (χ2n) is 5.79. The Hall–Kier alpha value is -1.40. The van der Waals surface area contributed by atoms with Crippen molar-refractivity contribution in [2.24, 2.45) is 0 Å². The first-order chi connectivity index (χ1) is 9.60. The van der Waals surface area contributed by atoms with E-state index >= 15 is 0 Å². The quantitative estimate of drug-likeness (QED) is 0.818. The first-order valence-corrected chi connectivity index (χ1v) is 7.37. The van der Waals surface area contributed by atoms with Crippen LogP contribution in [0, 0.1) is 17.1 Å². The molecule has 1 aromatic carbocycles. The van der Waals surface area contributed by atoms with Gasteiger partial charge in [0.2, 0.25) is 0 Å². The average molecular weight is 275 g/mol. The highest BCUT2D eigenvalue weighted by Gasteiger charge is 2.44. The fourth-order valence-corrected chi connectivity index (χ4v) is 3.38. The maximum atomic E-state index is 13.2. The predicted molar refractivity (Wildman–Crippen MR) is 76.8 cm³/mol. The average Bonchev–Trinajstić information content (AvgIpc) is 2.48. The lowest BCUT2D eigenvalue weighted by molar-refractivity contribution is -0.110. The monoisotopic (exact) mass is 275 g/mol. The fourth-order valence-electron chi connectivity index (χ4n) is 3.38. The highest BCUT2D eigenvalue weighted by Crippen LogP contribution is 2.46. The van der Waals surface area contributed by atoms with Crippen LogP contribution >= 0.6 is 0 Å². The molecule has 0 amide bonds. The van der Waals surface area contributed by atoms with Crippen LogP contribution in [0.4, 0.5) is 4.39 Å². The number of hydrogen-bond donors (Lipinski definition) is 0. The number of nitrogens with zero attached hydrogens (tertiary/aromatic N) is 1. The summed E-state index contributed by atoms with van der Waals surface area (Å²) in [5.41, 5.74) is 0.714. The van der Waals surface area contributed by atoms with Crippen molar-refractivity contribution in [1.29, 1.82) is 5.26 Å². The van der Waals surface area contributed by atoms with Crippen LogP contribution in [-0.4, -0.2) is 12.2 Å². The molecule has 1 unspecified atom stereocenters. The van der Waals surface area contributed by atoms with Crippen molar-refractivity contribution < 1.29 is 9.13 Å². The van der Waals surface area contributed by atoms with Gasteiger partial charge in [0.05, 0.1) is 11.7 Å². The third-order valence-corrected chi connectivity index (χ3v) is 4.81. The topological polar surface area (TPSA) is 33.0 Å². The number of benzene rings is 1. The fraction of sp³-hybridized carbons (Fsp3) is 0.588. The van der Waals surface area contributed by atoms with Gasteiger partial charge in [-0.25, -0.2) is 4.39 Å². The normalized spacial score (nSPS) is 25.1. The molecule has 1 aliphatic heterocycles. The van der Waals surface area contributed by atoms with Gasteiger partial charge in [0.25, 0.3) is 0 Å². The molecular formula is C17H22FNO. The number of hydrogen-bond acceptors (Lipinski definition) is 2. The van der Waals surface area contributed by atoms with E-state index in [1.165, 1.54) is 12.1 Å². The predicted octanol–water partition coefficient (Wildman–Crippen LogP) is 4.35. The Morgan fingerprint density at radius 3 is 2.45 bits per heavy atom. The number of nitriles is 1. The zero-order valence-corrected chi connectivity index (χ0v) is 12.3. The molecule has 0 aliphatic carbocycles. The van der Waals surface area contributed by atoms with Gasteiger partial charge in [-0.15, -0.1) is 0 Å². The van der Waals surface area contributed by atoms with E-state index in [1.54, 1.807) is 0 Å². The second-order valence-corrected chi connectivity index (χ2v) is 5.79. The Bertz CT molecular complexity index is 487.